The van der Waals surface area contributed by atoms with E-state index in [0.29, 0.717) is 0 Å². The molecule has 0 heterocycles. The molecule has 1 rings (SSSR count). The number of carbonyl (C=O) groups is 1. The number of benzene rings is 1. The first-order chi connectivity index (χ1) is 7.20. The van der Waals surface area contributed by atoms with Gasteiger partial charge in [0.25, 0.3) is 0 Å². The van der Waals surface area contributed by atoms with Gasteiger partial charge in [-0.3, -0.25) is 4.79 Å². The lowest BCUT2D eigenvalue weighted by molar-refractivity contribution is -0.274. The minimum Gasteiger partial charge on any atom is -0.403 e. The van der Waals surface area contributed by atoms with Crippen molar-refractivity contribution in [3.63, 3.8) is 0 Å². The molecule has 0 aliphatic heterocycles. The highest BCUT2D eigenvalue weighted by molar-refractivity contribution is 6.37. The summed E-state index contributed by atoms with van der Waals surface area (Å²) in [4.78, 5) is 11.0. The fourth-order valence-corrected chi connectivity index (χ4v) is 1.54. The second-order valence-electron chi connectivity index (χ2n) is 2.87. The Hall–Kier alpha value is -0.940. The average molecular weight is 273 g/mol. The summed E-state index contributed by atoms with van der Waals surface area (Å²) >= 11 is 11.0. The normalized spacial score (nSPS) is 11.4. The van der Waals surface area contributed by atoms with E-state index in [2.05, 4.69) is 4.74 Å². The van der Waals surface area contributed by atoms with Crippen LogP contribution in [0, 0.1) is 0 Å². The SMILES string of the molecule is CC(=O)c1cc(Cl)c(OC(F)(F)F)c(Cl)c1. The van der Waals surface area contributed by atoms with Gasteiger partial charge in [-0.25, -0.2) is 0 Å². The Labute approximate surface area is 98.9 Å². The van der Waals surface area contributed by atoms with Crippen LogP contribution in [0.5, 0.6) is 5.75 Å². The van der Waals surface area contributed by atoms with E-state index in [1.807, 2.05) is 0 Å². The molecule has 0 aliphatic rings. The van der Waals surface area contributed by atoms with Crippen molar-refractivity contribution in [3.8, 4) is 5.75 Å². The van der Waals surface area contributed by atoms with E-state index in [-0.39, 0.29) is 21.4 Å². The molecule has 0 amide bonds. The number of alkyl halides is 3. The van der Waals surface area contributed by atoms with Crippen LogP contribution in [0.3, 0.4) is 0 Å². The van der Waals surface area contributed by atoms with E-state index >= 15 is 0 Å². The zero-order chi connectivity index (χ0) is 12.5. The van der Waals surface area contributed by atoms with E-state index in [9.17, 15) is 18.0 Å². The summed E-state index contributed by atoms with van der Waals surface area (Å²) in [5.41, 5.74) is 0.115. The van der Waals surface area contributed by atoms with Gasteiger partial charge >= 0.3 is 6.36 Å². The Morgan fingerprint density at radius 1 is 1.25 bits per heavy atom. The highest BCUT2D eigenvalue weighted by Crippen LogP contribution is 2.37. The smallest absolute Gasteiger partial charge is 0.403 e. The van der Waals surface area contributed by atoms with E-state index in [4.69, 9.17) is 23.2 Å². The third-order valence-corrected chi connectivity index (χ3v) is 2.18. The van der Waals surface area contributed by atoms with Crippen LogP contribution in [0.25, 0.3) is 0 Å². The molecule has 0 bridgehead atoms. The Kier molecular flexibility index (Phi) is 3.70. The van der Waals surface area contributed by atoms with Gasteiger partial charge in [0.2, 0.25) is 0 Å². The molecular formula is C9H5Cl2F3O2. The topological polar surface area (TPSA) is 26.3 Å². The molecule has 88 valence electrons. The summed E-state index contributed by atoms with van der Waals surface area (Å²) < 4.78 is 39.5. The number of hydrogen-bond acceptors (Lipinski definition) is 2. The first kappa shape index (κ1) is 13.1. The van der Waals surface area contributed by atoms with Crippen LogP contribution < -0.4 is 4.74 Å². The van der Waals surface area contributed by atoms with Crippen LogP contribution in [0.2, 0.25) is 10.0 Å². The number of rotatable bonds is 2. The van der Waals surface area contributed by atoms with Crippen LogP contribution in [0.1, 0.15) is 17.3 Å². The molecule has 0 aromatic heterocycles. The summed E-state index contributed by atoms with van der Waals surface area (Å²) in [6.45, 7) is 1.24. The second-order valence-corrected chi connectivity index (χ2v) is 3.69. The van der Waals surface area contributed by atoms with Gasteiger partial charge in [0.1, 0.15) is 0 Å². The first-order valence-electron chi connectivity index (χ1n) is 3.96. The molecular weight excluding hydrogens is 268 g/mol. The molecule has 1 aromatic carbocycles. The molecule has 0 atom stereocenters. The van der Waals surface area contributed by atoms with Crippen molar-refractivity contribution in [2.45, 2.75) is 13.3 Å². The highest BCUT2D eigenvalue weighted by Gasteiger charge is 2.33. The number of hydrogen-bond donors (Lipinski definition) is 0. The summed E-state index contributed by atoms with van der Waals surface area (Å²) in [5.74, 6) is -1.07. The molecule has 2 nitrogen and oxygen atoms in total. The maximum Gasteiger partial charge on any atom is 0.573 e. The molecule has 1 aromatic rings. The van der Waals surface area contributed by atoms with Gasteiger partial charge in [0, 0.05) is 5.56 Å². The standard InChI is InChI=1S/C9H5Cl2F3O2/c1-4(15)5-2-6(10)8(7(11)3-5)16-9(12,13)14/h2-3H,1H3. The van der Waals surface area contributed by atoms with Crippen molar-refractivity contribution in [2.75, 3.05) is 0 Å². The lowest BCUT2D eigenvalue weighted by atomic mass is 10.1. The van der Waals surface area contributed by atoms with Gasteiger partial charge in [0.05, 0.1) is 10.0 Å². The monoisotopic (exact) mass is 272 g/mol. The van der Waals surface area contributed by atoms with Crippen molar-refractivity contribution in [1.29, 1.82) is 0 Å². The first-order valence-corrected chi connectivity index (χ1v) is 4.72. The van der Waals surface area contributed by atoms with Crippen LogP contribution in [-0.4, -0.2) is 12.1 Å². The number of carbonyl (C=O) groups excluding carboxylic acids is 1. The molecule has 0 unspecified atom stereocenters. The molecule has 16 heavy (non-hydrogen) atoms. The maximum absolute atomic E-state index is 12.0. The van der Waals surface area contributed by atoms with Crippen molar-refractivity contribution in [1.82, 2.24) is 0 Å². The largest absolute Gasteiger partial charge is 0.573 e. The summed E-state index contributed by atoms with van der Waals surface area (Å²) in [6.07, 6.45) is -4.88. The van der Waals surface area contributed by atoms with Gasteiger partial charge in [-0.05, 0) is 19.1 Å². The van der Waals surface area contributed by atoms with Crippen LogP contribution in [0.15, 0.2) is 12.1 Å². The fraction of sp³-hybridized carbons (Fsp3) is 0.222. The Balaban J connectivity index is 3.18. The molecule has 0 radical (unpaired) electrons. The van der Waals surface area contributed by atoms with E-state index in [1.54, 1.807) is 0 Å². The predicted molar refractivity (Wildman–Crippen MR) is 53.1 cm³/mol. The number of halogens is 5. The molecule has 0 saturated carbocycles. The van der Waals surface area contributed by atoms with Crippen molar-refractivity contribution >= 4 is 29.0 Å². The Bertz CT molecular complexity index is 406. The number of ketones is 1. The lowest BCUT2D eigenvalue weighted by Gasteiger charge is -2.12. The molecule has 0 spiro atoms. The zero-order valence-corrected chi connectivity index (χ0v) is 9.37. The van der Waals surface area contributed by atoms with E-state index < -0.39 is 12.1 Å². The lowest BCUT2D eigenvalue weighted by Crippen LogP contribution is -2.17. The van der Waals surface area contributed by atoms with Gasteiger partial charge in [-0.15, -0.1) is 13.2 Å². The minimum atomic E-state index is -4.88. The Morgan fingerprint density at radius 3 is 2.00 bits per heavy atom. The van der Waals surface area contributed by atoms with Gasteiger partial charge in [-0.1, -0.05) is 23.2 Å². The molecule has 0 fully saturated rings. The molecule has 7 heteroatoms. The Morgan fingerprint density at radius 2 is 1.69 bits per heavy atom. The minimum absolute atomic E-state index is 0.115. The van der Waals surface area contributed by atoms with Crippen molar-refractivity contribution < 1.29 is 22.7 Å². The number of Topliss-reactive ketones (excluding diaryl/α,β-unsaturated/α-hetero) is 1. The van der Waals surface area contributed by atoms with E-state index in [0.717, 1.165) is 12.1 Å². The van der Waals surface area contributed by atoms with E-state index in [1.165, 1.54) is 6.92 Å². The molecule has 0 saturated heterocycles. The predicted octanol–water partition coefficient (Wildman–Crippen LogP) is 4.09. The molecule has 0 aliphatic carbocycles. The van der Waals surface area contributed by atoms with Crippen LogP contribution >= 0.6 is 23.2 Å². The summed E-state index contributed by atoms with van der Waals surface area (Å²) in [7, 11) is 0. The van der Waals surface area contributed by atoms with Gasteiger partial charge in [0.15, 0.2) is 11.5 Å². The van der Waals surface area contributed by atoms with Crippen LogP contribution in [0.4, 0.5) is 13.2 Å². The summed E-state index contributed by atoms with van der Waals surface area (Å²) in [6, 6.07) is 2.13. The number of ether oxygens (including phenoxy) is 1. The van der Waals surface area contributed by atoms with Gasteiger partial charge < -0.3 is 4.74 Å². The maximum atomic E-state index is 12.0. The highest BCUT2D eigenvalue weighted by atomic mass is 35.5. The van der Waals surface area contributed by atoms with Crippen molar-refractivity contribution in [3.05, 3.63) is 27.7 Å². The third-order valence-electron chi connectivity index (χ3n) is 1.62. The molecule has 0 N–H and O–H groups in total. The zero-order valence-electron chi connectivity index (χ0n) is 7.86. The van der Waals surface area contributed by atoms with Crippen LogP contribution in [-0.2, 0) is 0 Å². The average Bonchev–Trinajstić information content (AvgIpc) is 2.09. The van der Waals surface area contributed by atoms with Gasteiger partial charge in [-0.2, -0.15) is 0 Å². The quantitative estimate of drug-likeness (QED) is 0.758. The third kappa shape index (κ3) is 3.28. The fourth-order valence-electron chi connectivity index (χ4n) is 0.976. The van der Waals surface area contributed by atoms with Crippen molar-refractivity contribution in [2.24, 2.45) is 0 Å². The summed E-state index contributed by atoms with van der Waals surface area (Å²) in [5, 5.41) is -0.731. The second kappa shape index (κ2) is 4.51.